The van der Waals surface area contributed by atoms with E-state index in [1.165, 1.54) is 32.6 Å². The van der Waals surface area contributed by atoms with Crippen LogP contribution in [0, 0.1) is 5.92 Å². The van der Waals surface area contributed by atoms with Gasteiger partial charge in [-0.25, -0.2) is 0 Å². The molecule has 0 amide bonds. The molecule has 2 unspecified atom stereocenters. The first-order chi connectivity index (χ1) is 6.59. The summed E-state index contributed by atoms with van der Waals surface area (Å²) >= 11 is 0. The third-order valence-corrected chi connectivity index (χ3v) is 3.26. The molecule has 0 bridgehead atoms. The molecule has 14 heavy (non-hydrogen) atoms. The van der Waals surface area contributed by atoms with Gasteiger partial charge in [0.25, 0.3) is 0 Å². The molecule has 1 aliphatic heterocycles. The highest BCUT2D eigenvalue weighted by Gasteiger charge is 2.16. The maximum Gasteiger partial charge on any atom is 0.0109 e. The minimum Gasteiger partial charge on any atom is -0.328 e. The van der Waals surface area contributed by atoms with Gasteiger partial charge in [0.1, 0.15) is 0 Å². The van der Waals surface area contributed by atoms with Gasteiger partial charge in [-0.3, -0.25) is 0 Å². The molecule has 1 aliphatic rings. The lowest BCUT2D eigenvalue weighted by Crippen LogP contribution is -2.38. The smallest absolute Gasteiger partial charge is 0.0109 e. The molecule has 3 heteroatoms. The van der Waals surface area contributed by atoms with E-state index in [9.17, 15) is 0 Å². The zero-order chi connectivity index (χ0) is 10.6. The van der Waals surface area contributed by atoms with E-state index in [4.69, 9.17) is 5.73 Å². The quantitative estimate of drug-likeness (QED) is 0.723. The molecule has 3 nitrogen and oxygen atoms in total. The zero-order valence-electron chi connectivity index (χ0n) is 9.87. The van der Waals surface area contributed by atoms with Gasteiger partial charge in [-0.2, -0.15) is 0 Å². The molecule has 0 spiro atoms. The van der Waals surface area contributed by atoms with Gasteiger partial charge >= 0.3 is 0 Å². The number of likely N-dealkylation sites (N-methyl/N-ethyl adjacent to an activating group) is 1. The third kappa shape index (κ3) is 3.95. The van der Waals surface area contributed by atoms with Gasteiger partial charge in [-0.15, -0.1) is 0 Å². The van der Waals surface area contributed by atoms with Crippen LogP contribution >= 0.6 is 0 Å². The van der Waals surface area contributed by atoms with Crippen LogP contribution in [0.3, 0.4) is 0 Å². The van der Waals surface area contributed by atoms with Crippen LogP contribution in [0.5, 0.6) is 0 Å². The lowest BCUT2D eigenvalue weighted by molar-refractivity contribution is 0.230. The van der Waals surface area contributed by atoms with Gasteiger partial charge < -0.3 is 15.5 Å². The first-order valence-electron chi connectivity index (χ1n) is 5.76. The molecule has 1 rings (SSSR count). The van der Waals surface area contributed by atoms with Crippen LogP contribution in [0.1, 0.15) is 20.3 Å². The molecule has 0 aromatic rings. The van der Waals surface area contributed by atoms with Crippen molar-refractivity contribution in [3.63, 3.8) is 0 Å². The van der Waals surface area contributed by atoms with Crippen LogP contribution in [0.2, 0.25) is 0 Å². The van der Waals surface area contributed by atoms with Crippen LogP contribution in [0.15, 0.2) is 0 Å². The summed E-state index contributed by atoms with van der Waals surface area (Å²) in [5.41, 5.74) is 5.88. The second-order valence-electron chi connectivity index (χ2n) is 4.79. The van der Waals surface area contributed by atoms with Crippen LogP contribution in [0.25, 0.3) is 0 Å². The van der Waals surface area contributed by atoms with E-state index in [0.29, 0.717) is 12.0 Å². The van der Waals surface area contributed by atoms with Gasteiger partial charge in [-0.1, -0.05) is 6.92 Å². The molecule has 0 aliphatic carbocycles. The van der Waals surface area contributed by atoms with E-state index in [0.717, 1.165) is 6.54 Å². The maximum atomic E-state index is 5.88. The summed E-state index contributed by atoms with van der Waals surface area (Å²) in [6.45, 7) is 10.4. The molecule has 1 fully saturated rings. The van der Waals surface area contributed by atoms with E-state index < -0.39 is 0 Å². The van der Waals surface area contributed by atoms with E-state index >= 15 is 0 Å². The van der Waals surface area contributed by atoms with E-state index in [2.05, 4.69) is 30.7 Å². The Bertz CT molecular complexity index is 159. The SMILES string of the molecule is CC(N)C(C)CN1CCCN(C)CC1. The van der Waals surface area contributed by atoms with Crippen molar-refractivity contribution in [2.24, 2.45) is 11.7 Å². The van der Waals surface area contributed by atoms with Crippen molar-refractivity contribution in [2.45, 2.75) is 26.3 Å². The van der Waals surface area contributed by atoms with Crippen molar-refractivity contribution < 1.29 is 0 Å². The van der Waals surface area contributed by atoms with Crippen molar-refractivity contribution in [3.05, 3.63) is 0 Å². The summed E-state index contributed by atoms with van der Waals surface area (Å²) in [6, 6.07) is 0.316. The standard InChI is InChI=1S/C11H25N3/c1-10(11(2)12)9-14-6-4-5-13(3)7-8-14/h10-11H,4-9,12H2,1-3H3. The average Bonchev–Trinajstić information content (AvgIpc) is 2.31. The highest BCUT2D eigenvalue weighted by molar-refractivity contribution is 4.72. The van der Waals surface area contributed by atoms with E-state index in [1.54, 1.807) is 0 Å². The summed E-state index contributed by atoms with van der Waals surface area (Å²) in [6.07, 6.45) is 1.29. The number of hydrogen-bond donors (Lipinski definition) is 1. The molecule has 1 saturated heterocycles. The summed E-state index contributed by atoms with van der Waals surface area (Å²) in [5, 5.41) is 0. The maximum absolute atomic E-state index is 5.88. The Morgan fingerprint density at radius 2 is 1.86 bits per heavy atom. The number of nitrogens with two attached hydrogens (primary N) is 1. The Morgan fingerprint density at radius 1 is 1.14 bits per heavy atom. The van der Waals surface area contributed by atoms with Gasteiger partial charge in [0.15, 0.2) is 0 Å². The molecule has 1 heterocycles. The fraction of sp³-hybridized carbons (Fsp3) is 1.00. The summed E-state index contributed by atoms with van der Waals surface area (Å²) in [5.74, 6) is 0.610. The normalized spacial score (nSPS) is 25.7. The average molecular weight is 199 g/mol. The fourth-order valence-electron chi connectivity index (χ4n) is 1.86. The van der Waals surface area contributed by atoms with Crippen molar-refractivity contribution in [1.29, 1.82) is 0 Å². The van der Waals surface area contributed by atoms with Crippen molar-refractivity contribution >= 4 is 0 Å². The molecule has 0 aromatic heterocycles. The predicted octanol–water partition coefficient (Wildman–Crippen LogP) is 0.607. The van der Waals surface area contributed by atoms with Gasteiger partial charge in [0, 0.05) is 25.7 Å². The first-order valence-corrected chi connectivity index (χ1v) is 5.76. The summed E-state index contributed by atoms with van der Waals surface area (Å²) in [7, 11) is 2.21. The molecule has 0 radical (unpaired) electrons. The monoisotopic (exact) mass is 199 g/mol. The Morgan fingerprint density at radius 3 is 2.50 bits per heavy atom. The van der Waals surface area contributed by atoms with Gasteiger partial charge in [0.2, 0.25) is 0 Å². The Hall–Kier alpha value is -0.120. The Labute approximate surface area is 88.2 Å². The molecular weight excluding hydrogens is 174 g/mol. The third-order valence-electron chi connectivity index (χ3n) is 3.26. The number of nitrogens with zero attached hydrogens (tertiary/aromatic N) is 2. The molecule has 84 valence electrons. The Balaban J connectivity index is 2.30. The van der Waals surface area contributed by atoms with Crippen molar-refractivity contribution in [3.8, 4) is 0 Å². The minimum atomic E-state index is 0.316. The van der Waals surface area contributed by atoms with Crippen molar-refractivity contribution in [2.75, 3.05) is 39.8 Å². The number of hydrogen-bond acceptors (Lipinski definition) is 3. The second kappa shape index (κ2) is 5.69. The van der Waals surface area contributed by atoms with Crippen molar-refractivity contribution in [1.82, 2.24) is 9.80 Å². The molecule has 0 aromatic carbocycles. The molecule has 2 N–H and O–H groups in total. The van der Waals surface area contributed by atoms with Crippen LogP contribution in [-0.4, -0.2) is 55.6 Å². The van der Waals surface area contributed by atoms with E-state index in [1.807, 2.05) is 0 Å². The highest BCUT2D eigenvalue weighted by atomic mass is 15.2. The zero-order valence-corrected chi connectivity index (χ0v) is 9.87. The summed E-state index contributed by atoms with van der Waals surface area (Å²) in [4.78, 5) is 4.97. The van der Waals surface area contributed by atoms with Gasteiger partial charge in [0.05, 0.1) is 0 Å². The fourth-order valence-corrected chi connectivity index (χ4v) is 1.86. The van der Waals surface area contributed by atoms with Crippen LogP contribution in [-0.2, 0) is 0 Å². The van der Waals surface area contributed by atoms with Gasteiger partial charge in [-0.05, 0) is 39.4 Å². The lowest BCUT2D eigenvalue weighted by Gasteiger charge is -2.25. The predicted molar refractivity (Wildman–Crippen MR) is 61.4 cm³/mol. The first kappa shape index (κ1) is 12.0. The van der Waals surface area contributed by atoms with Crippen LogP contribution < -0.4 is 5.73 Å². The highest BCUT2D eigenvalue weighted by Crippen LogP contribution is 2.07. The largest absolute Gasteiger partial charge is 0.328 e. The minimum absolute atomic E-state index is 0.316. The number of rotatable bonds is 3. The summed E-state index contributed by atoms with van der Waals surface area (Å²) < 4.78 is 0. The molecular formula is C11H25N3. The lowest BCUT2D eigenvalue weighted by atomic mass is 10.0. The van der Waals surface area contributed by atoms with E-state index in [-0.39, 0.29) is 0 Å². The van der Waals surface area contributed by atoms with Crippen LogP contribution in [0.4, 0.5) is 0 Å². The Kier molecular flexibility index (Phi) is 4.85. The second-order valence-corrected chi connectivity index (χ2v) is 4.79. The molecule has 2 atom stereocenters. The molecule has 0 saturated carbocycles. The topological polar surface area (TPSA) is 32.5 Å².